The fraction of sp³-hybridized carbons (Fsp3) is 0.600. The average Bonchev–Trinajstić information content (AvgIpc) is 2.34. The van der Waals surface area contributed by atoms with Gasteiger partial charge in [-0.1, -0.05) is 31.5 Å². The predicted molar refractivity (Wildman–Crippen MR) is 71.0 cm³/mol. The second kappa shape index (κ2) is 5.37. The summed E-state index contributed by atoms with van der Waals surface area (Å²) in [6, 6.07) is 7.02. The fourth-order valence-electron chi connectivity index (χ4n) is 2.65. The van der Waals surface area contributed by atoms with Crippen LogP contribution in [0.25, 0.3) is 0 Å². The lowest BCUT2D eigenvalue weighted by molar-refractivity contribution is -0.130. The van der Waals surface area contributed by atoms with E-state index in [2.05, 4.69) is 19.2 Å². The SMILES string of the molecule is CCCC1(C)CNC(C)C(c2ccccc2F)O1. The monoisotopic (exact) mass is 251 g/mol. The zero-order chi connectivity index (χ0) is 13.2. The average molecular weight is 251 g/mol. The molecule has 18 heavy (non-hydrogen) atoms. The highest BCUT2D eigenvalue weighted by atomic mass is 19.1. The second-order valence-electron chi connectivity index (χ2n) is 5.43. The summed E-state index contributed by atoms with van der Waals surface area (Å²) < 4.78 is 20.1. The number of morpholine rings is 1. The molecular weight excluding hydrogens is 229 g/mol. The molecule has 3 unspecified atom stereocenters. The van der Waals surface area contributed by atoms with E-state index in [4.69, 9.17) is 4.74 Å². The minimum absolute atomic E-state index is 0.131. The van der Waals surface area contributed by atoms with Gasteiger partial charge in [-0.3, -0.25) is 0 Å². The molecule has 0 spiro atoms. The highest BCUT2D eigenvalue weighted by molar-refractivity contribution is 5.22. The van der Waals surface area contributed by atoms with Crippen LogP contribution >= 0.6 is 0 Å². The largest absolute Gasteiger partial charge is 0.364 e. The van der Waals surface area contributed by atoms with Crippen LogP contribution in [0, 0.1) is 5.82 Å². The molecule has 1 aliphatic rings. The maximum Gasteiger partial charge on any atom is 0.129 e. The van der Waals surface area contributed by atoms with Crippen LogP contribution in [0.15, 0.2) is 24.3 Å². The maximum atomic E-state index is 13.9. The number of ether oxygens (including phenoxy) is 1. The van der Waals surface area contributed by atoms with Gasteiger partial charge in [0, 0.05) is 18.2 Å². The number of hydrogen-bond acceptors (Lipinski definition) is 2. The van der Waals surface area contributed by atoms with Crippen LogP contribution in [0.1, 0.15) is 45.3 Å². The van der Waals surface area contributed by atoms with E-state index in [0.717, 1.165) is 19.4 Å². The van der Waals surface area contributed by atoms with Crippen LogP contribution in [0.4, 0.5) is 4.39 Å². The van der Waals surface area contributed by atoms with Crippen LogP contribution in [0.2, 0.25) is 0 Å². The van der Waals surface area contributed by atoms with Crippen molar-refractivity contribution < 1.29 is 9.13 Å². The summed E-state index contributed by atoms with van der Waals surface area (Å²) >= 11 is 0. The van der Waals surface area contributed by atoms with Gasteiger partial charge < -0.3 is 10.1 Å². The van der Waals surface area contributed by atoms with Gasteiger partial charge in [0.15, 0.2) is 0 Å². The van der Waals surface area contributed by atoms with E-state index in [-0.39, 0.29) is 23.6 Å². The topological polar surface area (TPSA) is 21.3 Å². The van der Waals surface area contributed by atoms with Crippen molar-refractivity contribution in [3.63, 3.8) is 0 Å². The number of benzene rings is 1. The summed E-state index contributed by atoms with van der Waals surface area (Å²) in [4.78, 5) is 0. The van der Waals surface area contributed by atoms with Crippen molar-refractivity contribution in [1.29, 1.82) is 0 Å². The molecule has 0 radical (unpaired) electrons. The normalized spacial score (nSPS) is 32.4. The molecule has 3 atom stereocenters. The van der Waals surface area contributed by atoms with Gasteiger partial charge in [0.1, 0.15) is 11.9 Å². The lowest BCUT2D eigenvalue weighted by Crippen LogP contribution is -2.53. The molecule has 2 nitrogen and oxygen atoms in total. The lowest BCUT2D eigenvalue weighted by atomic mass is 9.93. The summed E-state index contributed by atoms with van der Waals surface area (Å²) in [6.45, 7) is 7.11. The molecule has 0 amide bonds. The molecule has 2 rings (SSSR count). The number of hydrogen-bond donors (Lipinski definition) is 1. The Kier molecular flexibility index (Phi) is 4.03. The van der Waals surface area contributed by atoms with E-state index in [9.17, 15) is 4.39 Å². The molecule has 0 saturated carbocycles. The highest BCUT2D eigenvalue weighted by Gasteiger charge is 2.37. The van der Waals surface area contributed by atoms with E-state index in [1.165, 1.54) is 6.07 Å². The molecule has 1 saturated heterocycles. The Balaban J connectivity index is 2.23. The molecule has 100 valence electrons. The van der Waals surface area contributed by atoms with Crippen molar-refractivity contribution in [2.75, 3.05) is 6.54 Å². The Morgan fingerprint density at radius 2 is 2.17 bits per heavy atom. The minimum atomic E-state index is -0.212. The van der Waals surface area contributed by atoms with Crippen LogP contribution in [-0.4, -0.2) is 18.2 Å². The number of nitrogens with one attached hydrogen (secondary N) is 1. The van der Waals surface area contributed by atoms with E-state index in [0.29, 0.717) is 5.56 Å². The van der Waals surface area contributed by atoms with Crippen molar-refractivity contribution in [3.8, 4) is 0 Å². The third-order valence-electron chi connectivity index (χ3n) is 3.65. The van der Waals surface area contributed by atoms with Crippen LogP contribution in [-0.2, 0) is 4.74 Å². The van der Waals surface area contributed by atoms with Gasteiger partial charge in [0.05, 0.1) is 5.60 Å². The summed E-state index contributed by atoms with van der Waals surface area (Å²) in [5.74, 6) is -0.183. The molecule has 1 aliphatic heterocycles. The molecule has 0 aromatic heterocycles. The van der Waals surface area contributed by atoms with Crippen LogP contribution < -0.4 is 5.32 Å². The number of halogens is 1. The van der Waals surface area contributed by atoms with Crippen LogP contribution in [0.5, 0.6) is 0 Å². The smallest absolute Gasteiger partial charge is 0.129 e. The molecule has 1 aromatic rings. The van der Waals surface area contributed by atoms with Crippen molar-refractivity contribution in [3.05, 3.63) is 35.6 Å². The lowest BCUT2D eigenvalue weighted by Gasteiger charge is -2.43. The Morgan fingerprint density at radius 1 is 1.44 bits per heavy atom. The third-order valence-corrected chi connectivity index (χ3v) is 3.65. The van der Waals surface area contributed by atoms with Gasteiger partial charge in [-0.15, -0.1) is 0 Å². The van der Waals surface area contributed by atoms with Gasteiger partial charge >= 0.3 is 0 Å². The summed E-state index contributed by atoms with van der Waals surface area (Å²) in [6.07, 6.45) is 1.84. The predicted octanol–water partition coefficient (Wildman–Crippen LogP) is 3.43. The Bertz CT molecular complexity index is 409. The van der Waals surface area contributed by atoms with Crippen molar-refractivity contribution >= 4 is 0 Å². The first-order chi connectivity index (χ1) is 8.56. The summed E-state index contributed by atoms with van der Waals surface area (Å²) in [5, 5.41) is 3.44. The van der Waals surface area contributed by atoms with E-state index in [1.807, 2.05) is 19.1 Å². The Hall–Kier alpha value is -0.930. The van der Waals surface area contributed by atoms with Crippen molar-refractivity contribution in [2.24, 2.45) is 0 Å². The molecule has 1 heterocycles. The molecule has 1 N–H and O–H groups in total. The van der Waals surface area contributed by atoms with Gasteiger partial charge in [-0.25, -0.2) is 4.39 Å². The van der Waals surface area contributed by atoms with E-state index in [1.54, 1.807) is 6.07 Å². The molecular formula is C15H22FNO. The molecule has 3 heteroatoms. The van der Waals surface area contributed by atoms with Gasteiger partial charge in [0.2, 0.25) is 0 Å². The quantitative estimate of drug-likeness (QED) is 0.888. The van der Waals surface area contributed by atoms with Crippen LogP contribution in [0.3, 0.4) is 0 Å². The molecule has 0 bridgehead atoms. The fourth-order valence-corrected chi connectivity index (χ4v) is 2.65. The molecule has 0 aliphatic carbocycles. The second-order valence-corrected chi connectivity index (χ2v) is 5.43. The maximum absolute atomic E-state index is 13.9. The van der Waals surface area contributed by atoms with Gasteiger partial charge in [-0.2, -0.15) is 0 Å². The Labute approximate surface area is 109 Å². The first-order valence-corrected chi connectivity index (χ1v) is 6.71. The zero-order valence-corrected chi connectivity index (χ0v) is 11.4. The first-order valence-electron chi connectivity index (χ1n) is 6.71. The zero-order valence-electron chi connectivity index (χ0n) is 11.4. The minimum Gasteiger partial charge on any atom is -0.364 e. The van der Waals surface area contributed by atoms with E-state index < -0.39 is 0 Å². The molecule has 1 aromatic carbocycles. The summed E-state index contributed by atoms with van der Waals surface area (Å²) in [5.41, 5.74) is 0.452. The number of rotatable bonds is 3. The summed E-state index contributed by atoms with van der Waals surface area (Å²) in [7, 11) is 0. The standard InChI is InChI=1S/C15H22FNO/c1-4-9-15(3)10-17-11(2)14(18-15)12-7-5-6-8-13(12)16/h5-8,11,14,17H,4,9-10H2,1-3H3. The molecule has 1 fully saturated rings. The van der Waals surface area contributed by atoms with Crippen molar-refractivity contribution in [2.45, 2.75) is 51.4 Å². The first kappa shape index (κ1) is 13.5. The van der Waals surface area contributed by atoms with Gasteiger partial charge in [-0.05, 0) is 26.3 Å². The van der Waals surface area contributed by atoms with Crippen molar-refractivity contribution in [1.82, 2.24) is 5.32 Å². The van der Waals surface area contributed by atoms with E-state index >= 15 is 0 Å². The Morgan fingerprint density at radius 3 is 2.83 bits per heavy atom. The van der Waals surface area contributed by atoms with Gasteiger partial charge in [0.25, 0.3) is 0 Å². The third kappa shape index (κ3) is 2.73. The highest BCUT2D eigenvalue weighted by Crippen LogP contribution is 2.34.